The van der Waals surface area contributed by atoms with Crippen LogP contribution < -0.4 is 10.5 Å². The molecule has 1 aliphatic rings. The predicted molar refractivity (Wildman–Crippen MR) is 105 cm³/mol. The van der Waals surface area contributed by atoms with Crippen molar-refractivity contribution in [3.05, 3.63) is 33.2 Å². The third kappa shape index (κ3) is 4.04. The zero-order chi connectivity index (χ0) is 18.0. The molecule has 1 aromatic heterocycles. The van der Waals surface area contributed by atoms with Gasteiger partial charge in [-0.2, -0.15) is 5.10 Å². The maximum Gasteiger partial charge on any atom is 0.275 e. The number of rotatable bonds is 5. The second-order valence-corrected chi connectivity index (χ2v) is 7.49. The van der Waals surface area contributed by atoms with Crippen molar-refractivity contribution in [2.75, 3.05) is 51.3 Å². The summed E-state index contributed by atoms with van der Waals surface area (Å²) in [5.41, 5.74) is 1.00. The highest BCUT2D eigenvalue weighted by Gasteiger charge is 2.14. The van der Waals surface area contributed by atoms with Crippen LogP contribution in [0.3, 0.4) is 0 Å². The molecule has 0 aliphatic carbocycles. The first-order chi connectivity index (χ1) is 12.0. The molecule has 1 fully saturated rings. The topological polar surface area (TPSA) is 50.6 Å². The SMILES string of the molecule is CC(C)n1nc(Br)c2ccc(N(C)CCN3CCOCC3)cc2c1=O. The van der Waals surface area contributed by atoms with E-state index in [1.54, 1.807) is 0 Å². The van der Waals surface area contributed by atoms with Gasteiger partial charge in [-0.25, -0.2) is 4.68 Å². The molecule has 1 aliphatic heterocycles. The van der Waals surface area contributed by atoms with Gasteiger partial charge in [-0.15, -0.1) is 0 Å². The maximum atomic E-state index is 12.7. The molecule has 0 N–H and O–H groups in total. The molecule has 0 spiro atoms. The summed E-state index contributed by atoms with van der Waals surface area (Å²) in [6.45, 7) is 9.44. The van der Waals surface area contributed by atoms with Crippen LogP contribution in [0.15, 0.2) is 27.6 Å². The summed E-state index contributed by atoms with van der Waals surface area (Å²) in [5, 5.41) is 5.92. The predicted octanol–water partition coefficient (Wildman–Crippen LogP) is 2.51. The van der Waals surface area contributed by atoms with E-state index in [4.69, 9.17) is 4.74 Å². The Morgan fingerprint density at radius 1 is 1.28 bits per heavy atom. The van der Waals surface area contributed by atoms with E-state index < -0.39 is 0 Å². The van der Waals surface area contributed by atoms with Gasteiger partial charge < -0.3 is 9.64 Å². The second kappa shape index (κ2) is 7.85. The van der Waals surface area contributed by atoms with Crippen LogP contribution in [0.4, 0.5) is 5.69 Å². The Balaban J connectivity index is 1.84. The zero-order valence-electron chi connectivity index (χ0n) is 15.0. The number of ether oxygens (including phenoxy) is 1. The Bertz CT molecular complexity index is 799. The second-order valence-electron chi connectivity index (χ2n) is 6.74. The van der Waals surface area contributed by atoms with E-state index in [0.29, 0.717) is 9.99 Å². The quantitative estimate of drug-likeness (QED) is 0.760. The number of fused-ring (bicyclic) bond motifs is 1. The Morgan fingerprint density at radius 2 is 2.00 bits per heavy atom. The lowest BCUT2D eigenvalue weighted by molar-refractivity contribution is 0.0393. The number of benzene rings is 1. The van der Waals surface area contributed by atoms with Crippen LogP contribution in [0.2, 0.25) is 0 Å². The van der Waals surface area contributed by atoms with Gasteiger partial charge in [-0.05, 0) is 48.0 Å². The first-order valence-corrected chi connectivity index (χ1v) is 9.50. The molecule has 0 amide bonds. The Morgan fingerprint density at radius 3 is 2.68 bits per heavy atom. The van der Waals surface area contributed by atoms with Gasteiger partial charge in [0.15, 0.2) is 0 Å². The average Bonchev–Trinajstić information content (AvgIpc) is 2.63. The number of halogens is 1. The smallest absolute Gasteiger partial charge is 0.275 e. The van der Waals surface area contributed by atoms with Crippen molar-refractivity contribution >= 4 is 32.4 Å². The third-order valence-electron chi connectivity index (χ3n) is 4.64. The number of likely N-dealkylation sites (N-methyl/N-ethyl adjacent to an activating group) is 1. The number of hydrogen-bond donors (Lipinski definition) is 0. The molecule has 3 rings (SSSR count). The largest absolute Gasteiger partial charge is 0.379 e. The zero-order valence-corrected chi connectivity index (χ0v) is 16.6. The maximum absolute atomic E-state index is 12.7. The van der Waals surface area contributed by atoms with Crippen molar-refractivity contribution in [2.45, 2.75) is 19.9 Å². The molecule has 0 atom stereocenters. The normalized spacial score (nSPS) is 15.9. The van der Waals surface area contributed by atoms with Crippen molar-refractivity contribution in [3.8, 4) is 0 Å². The minimum atomic E-state index is -0.0448. The molecule has 2 heterocycles. The summed E-state index contributed by atoms with van der Waals surface area (Å²) in [5.74, 6) is 0. The van der Waals surface area contributed by atoms with Crippen molar-refractivity contribution in [1.82, 2.24) is 14.7 Å². The molecule has 0 unspecified atom stereocenters. The van der Waals surface area contributed by atoms with Crippen LogP contribution >= 0.6 is 15.9 Å². The molecule has 0 saturated carbocycles. The highest BCUT2D eigenvalue weighted by Crippen LogP contribution is 2.24. The van der Waals surface area contributed by atoms with E-state index in [1.807, 2.05) is 32.0 Å². The summed E-state index contributed by atoms with van der Waals surface area (Å²) in [4.78, 5) is 17.3. The van der Waals surface area contributed by atoms with E-state index in [0.717, 1.165) is 50.5 Å². The van der Waals surface area contributed by atoms with Gasteiger partial charge in [0.1, 0.15) is 4.60 Å². The molecular weight excluding hydrogens is 384 g/mol. The number of nitrogens with zero attached hydrogens (tertiary/aromatic N) is 4. The highest BCUT2D eigenvalue weighted by atomic mass is 79.9. The lowest BCUT2D eigenvalue weighted by Crippen LogP contribution is -2.40. The van der Waals surface area contributed by atoms with Crippen LogP contribution in [-0.2, 0) is 4.74 Å². The van der Waals surface area contributed by atoms with Gasteiger partial charge in [0.05, 0.1) is 24.6 Å². The van der Waals surface area contributed by atoms with Gasteiger partial charge in [-0.1, -0.05) is 0 Å². The summed E-state index contributed by atoms with van der Waals surface area (Å²) in [6, 6.07) is 6.02. The fourth-order valence-electron chi connectivity index (χ4n) is 3.04. The molecular formula is C18H25BrN4O2. The average molecular weight is 409 g/mol. The minimum Gasteiger partial charge on any atom is -0.379 e. The fraction of sp³-hybridized carbons (Fsp3) is 0.556. The van der Waals surface area contributed by atoms with Gasteiger partial charge in [-0.3, -0.25) is 9.69 Å². The van der Waals surface area contributed by atoms with E-state index >= 15 is 0 Å². The van der Waals surface area contributed by atoms with Gasteiger partial charge >= 0.3 is 0 Å². The summed E-state index contributed by atoms with van der Waals surface area (Å²) < 4.78 is 7.63. The van der Waals surface area contributed by atoms with Gasteiger partial charge in [0.25, 0.3) is 5.56 Å². The van der Waals surface area contributed by atoms with E-state index in [2.05, 4.69) is 37.9 Å². The van der Waals surface area contributed by atoms with Gasteiger partial charge in [0, 0.05) is 44.3 Å². The van der Waals surface area contributed by atoms with Crippen LogP contribution in [0.25, 0.3) is 10.8 Å². The molecule has 1 aromatic carbocycles. The lowest BCUT2D eigenvalue weighted by atomic mass is 10.1. The number of morpholine rings is 1. The van der Waals surface area contributed by atoms with Crippen LogP contribution in [0, 0.1) is 0 Å². The van der Waals surface area contributed by atoms with Crippen LogP contribution in [-0.4, -0.2) is 61.1 Å². The molecule has 2 aromatic rings. The monoisotopic (exact) mass is 408 g/mol. The van der Waals surface area contributed by atoms with Crippen molar-refractivity contribution in [2.24, 2.45) is 0 Å². The molecule has 1 saturated heterocycles. The molecule has 0 bridgehead atoms. The fourth-order valence-corrected chi connectivity index (χ4v) is 3.56. The van der Waals surface area contributed by atoms with Crippen molar-refractivity contribution in [1.29, 1.82) is 0 Å². The minimum absolute atomic E-state index is 0.0240. The standard InChI is InChI=1S/C18H25BrN4O2/c1-13(2)23-18(24)16-12-14(4-5-15(16)17(19)20-23)21(3)6-7-22-8-10-25-11-9-22/h4-5,12-13H,6-11H2,1-3H3. The summed E-state index contributed by atoms with van der Waals surface area (Å²) >= 11 is 3.49. The molecule has 7 heteroatoms. The lowest BCUT2D eigenvalue weighted by Gasteiger charge is -2.29. The Hall–Kier alpha value is -1.44. The summed E-state index contributed by atoms with van der Waals surface area (Å²) in [7, 11) is 2.07. The van der Waals surface area contributed by atoms with Crippen LogP contribution in [0.1, 0.15) is 19.9 Å². The number of hydrogen-bond acceptors (Lipinski definition) is 5. The highest BCUT2D eigenvalue weighted by molar-refractivity contribution is 9.10. The van der Waals surface area contributed by atoms with E-state index in [9.17, 15) is 4.79 Å². The summed E-state index contributed by atoms with van der Waals surface area (Å²) in [6.07, 6.45) is 0. The first kappa shape index (κ1) is 18.4. The van der Waals surface area contributed by atoms with E-state index in [1.165, 1.54) is 4.68 Å². The Labute approximate surface area is 156 Å². The Kier molecular flexibility index (Phi) is 5.76. The molecule has 6 nitrogen and oxygen atoms in total. The first-order valence-electron chi connectivity index (χ1n) is 8.70. The van der Waals surface area contributed by atoms with E-state index in [-0.39, 0.29) is 11.6 Å². The van der Waals surface area contributed by atoms with Crippen LogP contribution in [0.5, 0.6) is 0 Å². The molecule has 136 valence electrons. The van der Waals surface area contributed by atoms with Crippen molar-refractivity contribution < 1.29 is 4.74 Å². The number of anilines is 1. The number of aromatic nitrogens is 2. The molecule has 0 radical (unpaired) electrons. The van der Waals surface area contributed by atoms with Gasteiger partial charge in [0.2, 0.25) is 0 Å². The third-order valence-corrected chi connectivity index (χ3v) is 5.23. The molecule has 25 heavy (non-hydrogen) atoms. The van der Waals surface area contributed by atoms with Crippen molar-refractivity contribution in [3.63, 3.8) is 0 Å².